The number of esters is 1. The molecule has 0 radical (unpaired) electrons. The average molecular weight is 271 g/mol. The summed E-state index contributed by atoms with van der Waals surface area (Å²) in [5, 5.41) is 9.92. The van der Waals surface area contributed by atoms with Crippen molar-refractivity contribution in [2.75, 3.05) is 0 Å². The molecule has 4 heteroatoms. The zero-order valence-corrected chi connectivity index (χ0v) is 11.5. The first-order valence-electron chi connectivity index (χ1n) is 6.37. The molecule has 0 aliphatic heterocycles. The fourth-order valence-electron chi connectivity index (χ4n) is 1.72. The number of aromatic nitrogens is 1. The van der Waals surface area contributed by atoms with E-state index in [4.69, 9.17) is 4.74 Å². The van der Waals surface area contributed by atoms with E-state index in [0.717, 1.165) is 5.56 Å². The Hall–Kier alpha value is -2.20. The average Bonchev–Trinajstić information content (AvgIpc) is 2.45. The molecule has 2 aromatic rings. The van der Waals surface area contributed by atoms with Gasteiger partial charge in [-0.15, -0.1) is 0 Å². The van der Waals surface area contributed by atoms with Crippen molar-refractivity contribution in [1.82, 2.24) is 4.98 Å². The summed E-state index contributed by atoms with van der Waals surface area (Å²) in [5.74, 6) is -0.500. The summed E-state index contributed by atoms with van der Waals surface area (Å²) < 4.78 is 5.20. The van der Waals surface area contributed by atoms with Gasteiger partial charge >= 0.3 is 5.97 Å². The van der Waals surface area contributed by atoms with Gasteiger partial charge in [0, 0.05) is 6.20 Å². The summed E-state index contributed by atoms with van der Waals surface area (Å²) in [4.78, 5) is 15.9. The second-order valence-electron chi connectivity index (χ2n) is 5.05. The molecule has 1 aromatic heterocycles. The third kappa shape index (κ3) is 3.65. The van der Waals surface area contributed by atoms with Gasteiger partial charge in [-0.2, -0.15) is 0 Å². The number of benzene rings is 1. The normalized spacial score (nSPS) is 11.2. The molecule has 104 valence electrons. The minimum absolute atomic E-state index is 0.195. The van der Waals surface area contributed by atoms with Gasteiger partial charge in [-0.25, -0.2) is 9.78 Å². The van der Waals surface area contributed by atoms with Crippen LogP contribution in [0.25, 0.3) is 0 Å². The molecule has 0 aliphatic rings. The van der Waals surface area contributed by atoms with Crippen LogP contribution in [0.5, 0.6) is 0 Å². The third-order valence-electron chi connectivity index (χ3n) is 2.89. The molecule has 0 fully saturated rings. The molecule has 4 nitrogen and oxygen atoms in total. The van der Waals surface area contributed by atoms with Crippen LogP contribution in [0.1, 0.15) is 35.5 Å². The first kappa shape index (κ1) is 14.2. The Bertz CT molecular complexity index is 588. The highest BCUT2D eigenvalue weighted by atomic mass is 16.5. The van der Waals surface area contributed by atoms with Crippen LogP contribution in [0.3, 0.4) is 0 Å². The molecule has 0 atom stereocenters. The van der Waals surface area contributed by atoms with Crippen LogP contribution in [0.2, 0.25) is 0 Å². The van der Waals surface area contributed by atoms with Crippen LogP contribution in [-0.2, 0) is 16.9 Å². The van der Waals surface area contributed by atoms with Crippen LogP contribution in [0, 0.1) is 0 Å². The summed E-state index contributed by atoms with van der Waals surface area (Å²) in [5.41, 5.74) is 0.719. The lowest BCUT2D eigenvalue weighted by molar-refractivity contribution is 0.0464. The molecule has 0 bridgehead atoms. The maximum absolute atomic E-state index is 11.9. The van der Waals surface area contributed by atoms with Crippen molar-refractivity contribution in [2.45, 2.75) is 26.1 Å². The largest absolute Gasteiger partial charge is 0.456 e. The van der Waals surface area contributed by atoms with Crippen molar-refractivity contribution < 1.29 is 14.6 Å². The molecule has 20 heavy (non-hydrogen) atoms. The van der Waals surface area contributed by atoms with Crippen LogP contribution in [-0.4, -0.2) is 16.1 Å². The molecule has 1 N–H and O–H groups in total. The van der Waals surface area contributed by atoms with Crippen LogP contribution >= 0.6 is 0 Å². The van der Waals surface area contributed by atoms with Gasteiger partial charge in [-0.05, 0) is 37.1 Å². The van der Waals surface area contributed by atoms with E-state index in [2.05, 4.69) is 4.98 Å². The van der Waals surface area contributed by atoms with Gasteiger partial charge in [0.2, 0.25) is 0 Å². The number of pyridine rings is 1. The predicted molar refractivity (Wildman–Crippen MR) is 75.0 cm³/mol. The molecule has 1 aromatic carbocycles. The van der Waals surface area contributed by atoms with Crippen molar-refractivity contribution in [3.8, 4) is 0 Å². The summed E-state index contributed by atoms with van der Waals surface area (Å²) in [6, 6.07) is 12.7. The Morgan fingerprint density at radius 1 is 1.25 bits per heavy atom. The minimum atomic E-state index is -1.02. The molecule has 2 rings (SSSR count). The van der Waals surface area contributed by atoms with Crippen molar-refractivity contribution in [1.29, 1.82) is 0 Å². The van der Waals surface area contributed by atoms with Crippen LogP contribution in [0.4, 0.5) is 0 Å². The number of carbonyl (C=O) groups is 1. The van der Waals surface area contributed by atoms with E-state index in [1.807, 2.05) is 30.3 Å². The number of ether oxygens (including phenoxy) is 1. The number of carbonyl (C=O) groups excluding carboxylic acids is 1. The topological polar surface area (TPSA) is 59.4 Å². The molecular formula is C16H17NO3. The highest BCUT2D eigenvalue weighted by molar-refractivity contribution is 5.87. The molecule has 0 amide bonds. The SMILES string of the molecule is CC(C)(O)c1ccnc(C(=O)OCc2ccccc2)c1. The highest BCUT2D eigenvalue weighted by Crippen LogP contribution is 2.19. The number of rotatable bonds is 4. The van der Waals surface area contributed by atoms with Crippen LogP contribution < -0.4 is 0 Å². The summed E-state index contributed by atoms with van der Waals surface area (Å²) in [7, 11) is 0. The van der Waals surface area contributed by atoms with E-state index in [1.165, 1.54) is 6.20 Å². The van der Waals surface area contributed by atoms with Crippen molar-refractivity contribution in [3.05, 3.63) is 65.5 Å². The molecule has 0 saturated heterocycles. The Morgan fingerprint density at radius 3 is 2.60 bits per heavy atom. The van der Waals surface area contributed by atoms with E-state index in [1.54, 1.807) is 26.0 Å². The molecule has 0 saturated carbocycles. The lowest BCUT2D eigenvalue weighted by Crippen LogP contribution is -2.17. The fraction of sp³-hybridized carbons (Fsp3) is 0.250. The number of nitrogens with zero attached hydrogens (tertiary/aromatic N) is 1. The highest BCUT2D eigenvalue weighted by Gasteiger charge is 2.18. The standard InChI is InChI=1S/C16H17NO3/c1-16(2,19)13-8-9-17-14(10-13)15(18)20-11-12-6-4-3-5-7-12/h3-10,19H,11H2,1-2H3. The first-order valence-corrected chi connectivity index (χ1v) is 6.37. The number of hydrogen-bond acceptors (Lipinski definition) is 4. The van der Waals surface area contributed by atoms with Crippen molar-refractivity contribution in [3.63, 3.8) is 0 Å². The molecule has 1 heterocycles. The predicted octanol–water partition coefficient (Wildman–Crippen LogP) is 2.67. The molecule has 0 aliphatic carbocycles. The van der Waals surface area contributed by atoms with Gasteiger partial charge < -0.3 is 9.84 Å². The van der Waals surface area contributed by atoms with Gasteiger partial charge in [0.15, 0.2) is 0 Å². The Kier molecular flexibility index (Phi) is 4.15. The Balaban J connectivity index is 2.06. The molecule has 0 spiro atoms. The monoisotopic (exact) mass is 271 g/mol. The van der Waals surface area contributed by atoms with Crippen LogP contribution in [0.15, 0.2) is 48.7 Å². The number of hydrogen-bond donors (Lipinski definition) is 1. The van der Waals surface area contributed by atoms with Gasteiger partial charge in [0.25, 0.3) is 0 Å². The summed E-state index contributed by atoms with van der Waals surface area (Å²) in [6.07, 6.45) is 1.49. The van der Waals surface area contributed by atoms with Gasteiger partial charge in [0.05, 0.1) is 5.60 Å². The smallest absolute Gasteiger partial charge is 0.357 e. The van der Waals surface area contributed by atoms with Gasteiger partial charge in [-0.3, -0.25) is 0 Å². The zero-order valence-electron chi connectivity index (χ0n) is 11.5. The lowest BCUT2D eigenvalue weighted by atomic mass is 9.99. The Labute approximate surface area is 118 Å². The van der Waals surface area contributed by atoms with E-state index >= 15 is 0 Å². The van der Waals surface area contributed by atoms with Gasteiger partial charge in [-0.1, -0.05) is 30.3 Å². The first-order chi connectivity index (χ1) is 9.47. The zero-order chi connectivity index (χ0) is 14.6. The minimum Gasteiger partial charge on any atom is -0.456 e. The summed E-state index contributed by atoms with van der Waals surface area (Å²) >= 11 is 0. The van der Waals surface area contributed by atoms with E-state index in [9.17, 15) is 9.90 Å². The number of aliphatic hydroxyl groups is 1. The lowest BCUT2D eigenvalue weighted by Gasteiger charge is -2.17. The van der Waals surface area contributed by atoms with Crippen molar-refractivity contribution >= 4 is 5.97 Å². The Morgan fingerprint density at radius 2 is 1.95 bits per heavy atom. The quantitative estimate of drug-likeness (QED) is 0.868. The molecular weight excluding hydrogens is 254 g/mol. The van der Waals surface area contributed by atoms with Crippen molar-refractivity contribution in [2.24, 2.45) is 0 Å². The van der Waals surface area contributed by atoms with E-state index < -0.39 is 11.6 Å². The second-order valence-corrected chi connectivity index (χ2v) is 5.05. The molecule has 0 unspecified atom stereocenters. The maximum Gasteiger partial charge on any atom is 0.357 e. The fourth-order valence-corrected chi connectivity index (χ4v) is 1.72. The maximum atomic E-state index is 11.9. The second kappa shape index (κ2) is 5.84. The summed E-state index contributed by atoms with van der Waals surface area (Å²) in [6.45, 7) is 3.51. The third-order valence-corrected chi connectivity index (χ3v) is 2.89. The van der Waals surface area contributed by atoms with E-state index in [0.29, 0.717) is 5.56 Å². The van der Waals surface area contributed by atoms with E-state index in [-0.39, 0.29) is 12.3 Å². The van der Waals surface area contributed by atoms with Gasteiger partial charge in [0.1, 0.15) is 12.3 Å².